The third-order valence-electron chi connectivity index (χ3n) is 3.84. The number of carbonyl (C=O) groups is 2. The first kappa shape index (κ1) is 15.2. The first-order valence-electron chi connectivity index (χ1n) is 7.52. The highest BCUT2D eigenvalue weighted by Gasteiger charge is 2.32. The lowest BCUT2D eigenvalue weighted by Gasteiger charge is -2.24. The van der Waals surface area contributed by atoms with Gasteiger partial charge >= 0.3 is 5.97 Å². The van der Waals surface area contributed by atoms with E-state index in [-0.39, 0.29) is 24.3 Å². The van der Waals surface area contributed by atoms with Crippen molar-refractivity contribution < 1.29 is 14.3 Å². The molecule has 0 bridgehead atoms. The number of hydrogen-bond acceptors (Lipinski definition) is 5. The van der Waals surface area contributed by atoms with Gasteiger partial charge in [0.1, 0.15) is 12.4 Å². The second kappa shape index (κ2) is 6.20. The van der Waals surface area contributed by atoms with Gasteiger partial charge in [-0.15, -0.1) is 0 Å². The molecule has 0 saturated heterocycles. The van der Waals surface area contributed by atoms with Crippen molar-refractivity contribution in [2.75, 3.05) is 11.9 Å². The molecule has 0 unspecified atom stereocenters. The van der Waals surface area contributed by atoms with Gasteiger partial charge in [-0.3, -0.25) is 14.6 Å². The average Bonchev–Trinajstić information content (AvgIpc) is 2.83. The van der Waals surface area contributed by atoms with Crippen molar-refractivity contribution in [1.82, 2.24) is 14.8 Å². The van der Waals surface area contributed by atoms with E-state index in [9.17, 15) is 9.59 Å². The maximum Gasteiger partial charge on any atom is 0.327 e. The molecule has 3 rings (SSSR count). The van der Waals surface area contributed by atoms with E-state index in [0.29, 0.717) is 18.8 Å². The molecule has 1 amide bonds. The topological polar surface area (TPSA) is 86.1 Å². The van der Waals surface area contributed by atoms with E-state index >= 15 is 0 Å². The van der Waals surface area contributed by atoms with Gasteiger partial charge in [-0.05, 0) is 25.5 Å². The van der Waals surface area contributed by atoms with E-state index in [1.54, 1.807) is 19.3 Å². The summed E-state index contributed by atoms with van der Waals surface area (Å²) in [6, 6.07) is 3.79. The summed E-state index contributed by atoms with van der Waals surface area (Å²) in [5, 5.41) is 7.24. The molecule has 0 aromatic carbocycles. The number of ether oxygens (including phenoxy) is 1. The van der Waals surface area contributed by atoms with Crippen LogP contribution in [0.25, 0.3) is 0 Å². The number of aryl methyl sites for hydroxylation is 1. The van der Waals surface area contributed by atoms with Crippen LogP contribution < -0.4 is 5.32 Å². The first-order valence-corrected chi connectivity index (χ1v) is 7.52. The van der Waals surface area contributed by atoms with E-state index < -0.39 is 0 Å². The number of anilines is 1. The smallest absolute Gasteiger partial charge is 0.327 e. The molecule has 3 heterocycles. The molecule has 1 aliphatic rings. The molecule has 0 saturated carbocycles. The van der Waals surface area contributed by atoms with Crippen molar-refractivity contribution >= 4 is 17.7 Å². The zero-order valence-electron chi connectivity index (χ0n) is 13.1. The number of nitrogens with zero attached hydrogens (tertiary/aromatic N) is 3. The van der Waals surface area contributed by atoms with Crippen LogP contribution in [0.4, 0.5) is 5.82 Å². The van der Waals surface area contributed by atoms with E-state index in [4.69, 9.17) is 4.74 Å². The van der Waals surface area contributed by atoms with Gasteiger partial charge in [0.05, 0.1) is 12.3 Å². The second-order valence-electron chi connectivity index (χ2n) is 5.40. The third-order valence-corrected chi connectivity index (χ3v) is 3.84. The summed E-state index contributed by atoms with van der Waals surface area (Å²) in [6.45, 7) is 3.92. The van der Waals surface area contributed by atoms with Crippen LogP contribution >= 0.6 is 0 Å². The summed E-state index contributed by atoms with van der Waals surface area (Å²) >= 11 is 0. The van der Waals surface area contributed by atoms with E-state index in [0.717, 1.165) is 16.8 Å². The Bertz CT molecular complexity index is 739. The van der Waals surface area contributed by atoms with Crippen LogP contribution in [0.5, 0.6) is 0 Å². The minimum atomic E-state index is -0.379. The Morgan fingerprint density at radius 1 is 1.52 bits per heavy atom. The van der Waals surface area contributed by atoms with Crippen LogP contribution in [0.2, 0.25) is 0 Å². The zero-order chi connectivity index (χ0) is 16.4. The Hall–Kier alpha value is -2.70. The third kappa shape index (κ3) is 2.94. The van der Waals surface area contributed by atoms with Gasteiger partial charge in [0, 0.05) is 30.3 Å². The molecule has 2 aromatic heterocycles. The molecule has 23 heavy (non-hydrogen) atoms. The van der Waals surface area contributed by atoms with E-state index in [1.807, 2.05) is 19.1 Å². The van der Waals surface area contributed by atoms with Crippen molar-refractivity contribution in [1.29, 1.82) is 0 Å². The molecule has 1 N–H and O–H groups in total. The maximum atomic E-state index is 12.1. The molecule has 0 radical (unpaired) electrons. The van der Waals surface area contributed by atoms with Gasteiger partial charge in [-0.25, -0.2) is 4.68 Å². The number of pyridine rings is 1. The van der Waals surface area contributed by atoms with Gasteiger partial charge in [-0.1, -0.05) is 6.07 Å². The molecule has 2 aromatic rings. The second-order valence-corrected chi connectivity index (χ2v) is 5.40. The van der Waals surface area contributed by atoms with Gasteiger partial charge in [0.2, 0.25) is 5.91 Å². The number of nitrogens with one attached hydrogen (secondary N) is 1. The van der Waals surface area contributed by atoms with Gasteiger partial charge in [-0.2, -0.15) is 5.10 Å². The summed E-state index contributed by atoms with van der Waals surface area (Å²) in [4.78, 5) is 28.0. The minimum Gasteiger partial charge on any atom is -0.465 e. The van der Waals surface area contributed by atoms with Gasteiger partial charge < -0.3 is 10.1 Å². The molecule has 1 atom stereocenters. The van der Waals surface area contributed by atoms with Crippen LogP contribution in [0, 0.1) is 6.92 Å². The molecule has 0 spiro atoms. The van der Waals surface area contributed by atoms with Crippen molar-refractivity contribution in [2.24, 2.45) is 0 Å². The monoisotopic (exact) mass is 314 g/mol. The number of aromatic nitrogens is 3. The summed E-state index contributed by atoms with van der Waals surface area (Å²) in [5.74, 6) is -0.0176. The van der Waals surface area contributed by atoms with Gasteiger partial charge in [0.15, 0.2) is 0 Å². The Labute approximate surface area is 133 Å². The lowest BCUT2D eigenvalue weighted by Crippen LogP contribution is -2.26. The van der Waals surface area contributed by atoms with Gasteiger partial charge in [0.25, 0.3) is 0 Å². The standard InChI is InChI=1S/C16H18N4O3/c1-3-23-14(22)9-20-16-15(10(2)19-20)12(7-13(21)18-16)11-5-4-6-17-8-11/h4-6,8,12H,3,7,9H2,1-2H3,(H,18,21)/t12-/m0/s1. The van der Waals surface area contributed by atoms with Crippen LogP contribution in [-0.4, -0.2) is 33.2 Å². The fourth-order valence-electron chi connectivity index (χ4n) is 2.92. The Balaban J connectivity index is 2.00. The molecule has 7 heteroatoms. The van der Waals surface area contributed by atoms with Crippen molar-refractivity contribution in [3.8, 4) is 0 Å². The fraction of sp³-hybridized carbons (Fsp3) is 0.375. The molecule has 120 valence electrons. The number of carbonyl (C=O) groups excluding carboxylic acids is 2. The highest BCUT2D eigenvalue weighted by Crippen LogP contribution is 2.38. The highest BCUT2D eigenvalue weighted by molar-refractivity contribution is 5.94. The molecule has 7 nitrogen and oxygen atoms in total. The summed E-state index contributed by atoms with van der Waals surface area (Å²) in [5.41, 5.74) is 2.68. The van der Waals surface area contributed by atoms with Crippen LogP contribution in [0.3, 0.4) is 0 Å². The Kier molecular flexibility index (Phi) is 4.10. The number of rotatable bonds is 4. The van der Waals surface area contributed by atoms with Crippen LogP contribution in [0.15, 0.2) is 24.5 Å². The predicted octanol–water partition coefficient (Wildman–Crippen LogP) is 1.62. The predicted molar refractivity (Wildman–Crippen MR) is 82.9 cm³/mol. The molecule has 1 aliphatic heterocycles. The normalized spacial score (nSPS) is 16.6. The summed E-state index contributed by atoms with van der Waals surface area (Å²) in [6.07, 6.45) is 3.80. The van der Waals surface area contributed by atoms with E-state index in [2.05, 4.69) is 15.4 Å². The SMILES string of the molecule is CCOC(=O)Cn1nc(C)c2c1NC(=O)C[C@H]2c1cccnc1. The molecule has 0 aliphatic carbocycles. The van der Waals surface area contributed by atoms with Crippen molar-refractivity contribution in [3.05, 3.63) is 41.3 Å². The maximum absolute atomic E-state index is 12.1. The van der Waals surface area contributed by atoms with Crippen LogP contribution in [-0.2, 0) is 20.9 Å². The molecular formula is C16H18N4O3. The number of esters is 1. The lowest BCUT2D eigenvalue weighted by molar-refractivity contribution is -0.144. The summed E-state index contributed by atoms with van der Waals surface area (Å²) in [7, 11) is 0. The largest absolute Gasteiger partial charge is 0.465 e. The lowest BCUT2D eigenvalue weighted by atomic mass is 9.87. The Morgan fingerprint density at radius 2 is 2.35 bits per heavy atom. The molecule has 0 fully saturated rings. The summed E-state index contributed by atoms with van der Waals surface area (Å²) < 4.78 is 6.46. The average molecular weight is 314 g/mol. The Morgan fingerprint density at radius 3 is 3.04 bits per heavy atom. The minimum absolute atomic E-state index is 0.0238. The van der Waals surface area contributed by atoms with Crippen LogP contribution in [0.1, 0.15) is 36.1 Å². The van der Waals surface area contributed by atoms with E-state index in [1.165, 1.54) is 4.68 Å². The fourth-order valence-corrected chi connectivity index (χ4v) is 2.92. The zero-order valence-corrected chi connectivity index (χ0v) is 13.1. The highest BCUT2D eigenvalue weighted by atomic mass is 16.5. The quantitative estimate of drug-likeness (QED) is 0.867. The van der Waals surface area contributed by atoms with Crippen molar-refractivity contribution in [2.45, 2.75) is 32.7 Å². The number of amides is 1. The number of fused-ring (bicyclic) bond motifs is 1. The first-order chi connectivity index (χ1) is 11.1. The van der Waals surface area contributed by atoms with Crippen molar-refractivity contribution in [3.63, 3.8) is 0 Å². The number of hydrogen-bond donors (Lipinski definition) is 1. The molecular weight excluding hydrogens is 296 g/mol.